The first-order valence-corrected chi connectivity index (χ1v) is 8.60. The molecule has 0 aliphatic rings. The standard InChI is InChI=1S/C12H9BrClN3O2S2/c13-8-2-1-5-16-12(8)17-21(18,19)10-4-3-7(11(15)20)6-9(10)14/h1-6H,(H2,15,20)(H,16,17). The first-order chi connectivity index (χ1) is 9.81. The molecule has 5 nitrogen and oxygen atoms in total. The maximum Gasteiger partial charge on any atom is 0.264 e. The van der Waals surface area contributed by atoms with Gasteiger partial charge < -0.3 is 5.73 Å². The van der Waals surface area contributed by atoms with Crippen molar-refractivity contribution in [2.75, 3.05) is 4.72 Å². The Labute approximate surface area is 140 Å². The Bertz CT molecular complexity index is 812. The second-order valence-corrected chi connectivity index (χ2v) is 7.30. The van der Waals surface area contributed by atoms with Crippen LogP contribution in [0.3, 0.4) is 0 Å². The van der Waals surface area contributed by atoms with Crippen LogP contribution in [0.15, 0.2) is 45.9 Å². The average molecular weight is 407 g/mol. The van der Waals surface area contributed by atoms with Gasteiger partial charge in [0.15, 0.2) is 5.82 Å². The topological polar surface area (TPSA) is 85.1 Å². The smallest absolute Gasteiger partial charge is 0.264 e. The first kappa shape index (κ1) is 16.2. The molecule has 0 amide bonds. The third-order valence-corrected chi connectivity index (χ3v) is 5.19. The lowest BCUT2D eigenvalue weighted by molar-refractivity contribution is 0.601. The van der Waals surface area contributed by atoms with Crippen molar-refractivity contribution < 1.29 is 8.42 Å². The molecule has 1 heterocycles. The van der Waals surface area contributed by atoms with E-state index in [0.717, 1.165) is 0 Å². The molecule has 0 radical (unpaired) electrons. The zero-order valence-corrected chi connectivity index (χ0v) is 14.4. The van der Waals surface area contributed by atoms with E-state index in [-0.39, 0.29) is 20.7 Å². The van der Waals surface area contributed by atoms with Crippen LogP contribution in [-0.4, -0.2) is 18.4 Å². The van der Waals surface area contributed by atoms with Gasteiger partial charge in [0.05, 0.1) is 9.50 Å². The molecule has 9 heteroatoms. The summed E-state index contributed by atoms with van der Waals surface area (Å²) in [5.74, 6) is 0.173. The van der Waals surface area contributed by atoms with Gasteiger partial charge in [-0.3, -0.25) is 4.72 Å². The Hall–Kier alpha value is -1.22. The lowest BCUT2D eigenvalue weighted by atomic mass is 10.2. The number of nitrogens with one attached hydrogen (secondary N) is 1. The van der Waals surface area contributed by atoms with Gasteiger partial charge in [-0.25, -0.2) is 13.4 Å². The Morgan fingerprint density at radius 3 is 2.67 bits per heavy atom. The van der Waals surface area contributed by atoms with Crippen LogP contribution in [-0.2, 0) is 10.0 Å². The molecule has 0 fully saturated rings. The van der Waals surface area contributed by atoms with Gasteiger partial charge in [0.25, 0.3) is 10.0 Å². The highest BCUT2D eigenvalue weighted by molar-refractivity contribution is 9.10. The number of nitrogens with two attached hydrogens (primary N) is 1. The predicted octanol–water partition coefficient (Wildman–Crippen LogP) is 2.93. The summed E-state index contributed by atoms with van der Waals surface area (Å²) in [6, 6.07) is 7.59. The number of benzene rings is 1. The van der Waals surface area contributed by atoms with E-state index in [1.54, 1.807) is 12.1 Å². The number of aromatic nitrogens is 1. The Kier molecular flexibility index (Phi) is 4.82. The summed E-state index contributed by atoms with van der Waals surface area (Å²) in [6.45, 7) is 0. The molecule has 110 valence electrons. The molecule has 0 aliphatic heterocycles. The summed E-state index contributed by atoms with van der Waals surface area (Å²) in [5, 5.41) is 0.0276. The van der Waals surface area contributed by atoms with Crippen LogP contribution in [0.5, 0.6) is 0 Å². The molecular weight excluding hydrogens is 398 g/mol. The predicted molar refractivity (Wildman–Crippen MR) is 90.1 cm³/mol. The monoisotopic (exact) mass is 405 g/mol. The first-order valence-electron chi connectivity index (χ1n) is 5.54. The van der Waals surface area contributed by atoms with Crippen molar-refractivity contribution in [3.63, 3.8) is 0 Å². The van der Waals surface area contributed by atoms with Crippen LogP contribution < -0.4 is 10.5 Å². The minimum absolute atomic E-state index is 0.0276. The highest BCUT2D eigenvalue weighted by atomic mass is 79.9. The van der Waals surface area contributed by atoms with Gasteiger partial charge in [-0.05, 0) is 40.2 Å². The van der Waals surface area contributed by atoms with Gasteiger partial charge >= 0.3 is 0 Å². The van der Waals surface area contributed by atoms with Crippen LogP contribution in [0.2, 0.25) is 5.02 Å². The molecule has 0 unspecified atom stereocenters. The van der Waals surface area contributed by atoms with Crippen molar-refractivity contribution in [1.29, 1.82) is 0 Å². The number of nitrogens with zero attached hydrogens (tertiary/aromatic N) is 1. The molecule has 0 aliphatic carbocycles. The second kappa shape index (κ2) is 6.27. The SMILES string of the molecule is NC(=S)c1ccc(S(=O)(=O)Nc2ncccc2Br)c(Cl)c1. The average Bonchev–Trinajstić information content (AvgIpc) is 2.40. The summed E-state index contributed by atoms with van der Waals surface area (Å²) in [4.78, 5) is 4.00. The Morgan fingerprint density at radius 1 is 1.38 bits per heavy atom. The summed E-state index contributed by atoms with van der Waals surface area (Å²) in [6.07, 6.45) is 1.47. The molecule has 0 spiro atoms. The summed E-state index contributed by atoms with van der Waals surface area (Å²) >= 11 is 14.0. The lowest BCUT2D eigenvalue weighted by Gasteiger charge is -2.10. The lowest BCUT2D eigenvalue weighted by Crippen LogP contribution is -2.16. The molecule has 0 saturated heterocycles. The van der Waals surface area contributed by atoms with E-state index in [2.05, 4.69) is 25.6 Å². The maximum atomic E-state index is 12.3. The minimum Gasteiger partial charge on any atom is -0.389 e. The number of sulfonamides is 1. The largest absolute Gasteiger partial charge is 0.389 e. The summed E-state index contributed by atoms with van der Waals surface area (Å²) in [7, 11) is -3.87. The van der Waals surface area contributed by atoms with Crippen LogP contribution in [0, 0.1) is 0 Å². The molecule has 1 aromatic carbocycles. The number of thiocarbonyl (C=S) groups is 1. The number of hydrogen-bond donors (Lipinski definition) is 2. The number of halogens is 2. The number of rotatable bonds is 4. The zero-order chi connectivity index (χ0) is 15.6. The third-order valence-electron chi connectivity index (χ3n) is 2.50. The van der Waals surface area contributed by atoms with Crippen molar-refractivity contribution >= 4 is 60.6 Å². The van der Waals surface area contributed by atoms with E-state index in [1.807, 2.05) is 0 Å². The van der Waals surface area contributed by atoms with Gasteiger partial charge in [-0.15, -0.1) is 0 Å². The molecule has 0 bridgehead atoms. The number of pyridine rings is 1. The van der Waals surface area contributed by atoms with Crippen molar-refractivity contribution in [2.45, 2.75) is 4.90 Å². The molecule has 2 aromatic rings. The van der Waals surface area contributed by atoms with Gasteiger partial charge in [0.1, 0.15) is 9.88 Å². The fraction of sp³-hybridized carbons (Fsp3) is 0. The van der Waals surface area contributed by atoms with Crippen LogP contribution in [0.1, 0.15) is 5.56 Å². The summed E-state index contributed by atoms with van der Waals surface area (Å²) in [5.41, 5.74) is 5.97. The van der Waals surface area contributed by atoms with E-state index < -0.39 is 10.0 Å². The molecule has 2 rings (SSSR count). The van der Waals surface area contributed by atoms with Crippen molar-refractivity contribution in [3.05, 3.63) is 51.6 Å². The molecule has 3 N–H and O–H groups in total. The van der Waals surface area contributed by atoms with Crippen molar-refractivity contribution in [1.82, 2.24) is 4.98 Å². The van der Waals surface area contributed by atoms with Crippen LogP contribution in [0.25, 0.3) is 0 Å². The van der Waals surface area contributed by atoms with Gasteiger partial charge in [0.2, 0.25) is 0 Å². The zero-order valence-electron chi connectivity index (χ0n) is 10.4. The van der Waals surface area contributed by atoms with Crippen molar-refractivity contribution in [2.24, 2.45) is 5.73 Å². The fourth-order valence-corrected chi connectivity index (χ4v) is 3.70. The van der Waals surface area contributed by atoms with Gasteiger partial charge in [-0.1, -0.05) is 29.9 Å². The van der Waals surface area contributed by atoms with Crippen LogP contribution in [0.4, 0.5) is 5.82 Å². The summed E-state index contributed by atoms with van der Waals surface area (Å²) < 4.78 is 27.5. The van der Waals surface area contributed by atoms with E-state index >= 15 is 0 Å². The molecule has 0 atom stereocenters. The highest BCUT2D eigenvalue weighted by Crippen LogP contribution is 2.27. The van der Waals surface area contributed by atoms with Gasteiger partial charge in [-0.2, -0.15) is 0 Å². The minimum atomic E-state index is -3.87. The maximum absolute atomic E-state index is 12.3. The molecule has 1 aromatic heterocycles. The van der Waals surface area contributed by atoms with E-state index in [9.17, 15) is 8.42 Å². The highest BCUT2D eigenvalue weighted by Gasteiger charge is 2.20. The van der Waals surface area contributed by atoms with E-state index in [4.69, 9.17) is 29.6 Å². The van der Waals surface area contributed by atoms with Crippen molar-refractivity contribution in [3.8, 4) is 0 Å². The fourth-order valence-electron chi connectivity index (χ4n) is 1.52. The van der Waals surface area contributed by atoms with E-state index in [1.165, 1.54) is 24.4 Å². The Balaban J connectivity index is 2.41. The number of hydrogen-bond acceptors (Lipinski definition) is 4. The quantitative estimate of drug-likeness (QED) is 0.763. The van der Waals surface area contributed by atoms with Crippen LogP contribution >= 0.6 is 39.7 Å². The number of anilines is 1. The second-order valence-electron chi connectivity index (χ2n) is 3.95. The normalized spacial score (nSPS) is 11.1. The Morgan fingerprint density at radius 2 is 2.10 bits per heavy atom. The molecule has 0 saturated carbocycles. The van der Waals surface area contributed by atoms with Gasteiger partial charge in [0, 0.05) is 11.8 Å². The molecule has 21 heavy (non-hydrogen) atoms. The van der Waals surface area contributed by atoms with E-state index in [0.29, 0.717) is 10.0 Å². The molecular formula is C12H9BrClN3O2S2. The third kappa shape index (κ3) is 3.70.